The van der Waals surface area contributed by atoms with Crippen LogP contribution in [0.25, 0.3) is 11.1 Å². The van der Waals surface area contributed by atoms with Gasteiger partial charge in [-0.05, 0) is 48.6 Å². The molecule has 0 bridgehead atoms. The number of rotatable bonds is 4. The van der Waals surface area contributed by atoms with Crippen molar-refractivity contribution in [1.82, 2.24) is 4.90 Å². The molecule has 3 rings (SSSR count). The number of hydrogen-bond acceptors (Lipinski definition) is 2. The van der Waals surface area contributed by atoms with Crippen LogP contribution in [-0.4, -0.2) is 34.5 Å². The highest BCUT2D eigenvalue weighted by Crippen LogP contribution is 2.24. The highest BCUT2D eigenvalue weighted by Gasteiger charge is 2.32. The predicted octanol–water partition coefficient (Wildman–Crippen LogP) is 3.75. The minimum Gasteiger partial charge on any atom is -0.481 e. The zero-order valence-corrected chi connectivity index (χ0v) is 14.7. The summed E-state index contributed by atoms with van der Waals surface area (Å²) in [7, 11) is 0. The molecular weight excluding hydrogens is 333 g/mol. The van der Waals surface area contributed by atoms with E-state index >= 15 is 0 Å². The van der Waals surface area contributed by atoms with Crippen molar-refractivity contribution in [2.45, 2.75) is 32.2 Å². The number of nitrogens with zero attached hydrogens (tertiary/aromatic N) is 1. The molecule has 1 fully saturated rings. The van der Waals surface area contributed by atoms with Gasteiger partial charge in [-0.15, -0.1) is 0 Å². The van der Waals surface area contributed by atoms with Crippen molar-refractivity contribution >= 4 is 11.9 Å². The van der Waals surface area contributed by atoms with Gasteiger partial charge in [-0.2, -0.15) is 0 Å². The minimum absolute atomic E-state index is 0.0435. The molecule has 4 nitrogen and oxygen atoms in total. The molecule has 0 spiro atoms. The van der Waals surface area contributed by atoms with Crippen LogP contribution in [0, 0.1) is 11.7 Å². The number of amides is 1. The van der Waals surface area contributed by atoms with Gasteiger partial charge in [-0.3, -0.25) is 9.59 Å². The number of carbonyl (C=O) groups is 2. The Hall–Kier alpha value is -2.69. The van der Waals surface area contributed by atoms with E-state index in [2.05, 4.69) is 0 Å². The van der Waals surface area contributed by atoms with Crippen molar-refractivity contribution in [2.75, 3.05) is 6.54 Å². The fraction of sp³-hybridized carbons (Fsp3) is 0.333. The molecule has 2 aromatic rings. The maximum absolute atomic E-state index is 13.0. The third kappa shape index (κ3) is 4.10. The van der Waals surface area contributed by atoms with Gasteiger partial charge in [-0.25, -0.2) is 4.39 Å². The third-order valence-corrected chi connectivity index (χ3v) is 5.04. The largest absolute Gasteiger partial charge is 0.481 e. The fourth-order valence-electron chi connectivity index (χ4n) is 3.39. The molecule has 1 N–H and O–H groups in total. The quantitative estimate of drug-likeness (QED) is 0.909. The van der Waals surface area contributed by atoms with Crippen molar-refractivity contribution in [3.63, 3.8) is 0 Å². The summed E-state index contributed by atoms with van der Waals surface area (Å²) >= 11 is 0. The van der Waals surface area contributed by atoms with Crippen molar-refractivity contribution in [3.05, 3.63) is 59.9 Å². The molecule has 26 heavy (non-hydrogen) atoms. The van der Waals surface area contributed by atoms with Crippen LogP contribution >= 0.6 is 0 Å². The van der Waals surface area contributed by atoms with Crippen LogP contribution in [0.1, 0.15) is 25.3 Å². The molecule has 1 heterocycles. The summed E-state index contributed by atoms with van der Waals surface area (Å²) in [6, 6.07) is 13.9. The average Bonchev–Trinajstić information content (AvgIpc) is 2.63. The molecule has 0 aromatic heterocycles. The van der Waals surface area contributed by atoms with Gasteiger partial charge in [0, 0.05) is 12.6 Å². The minimum atomic E-state index is -0.835. The van der Waals surface area contributed by atoms with Gasteiger partial charge in [-0.1, -0.05) is 36.4 Å². The van der Waals surface area contributed by atoms with E-state index in [-0.39, 0.29) is 30.7 Å². The summed E-state index contributed by atoms with van der Waals surface area (Å²) in [6.45, 7) is 2.25. The SMILES string of the molecule is C[C@H]1CC[C@@H](C(=O)O)CN1C(=O)Cc1ccc(-c2ccc(F)cc2)cc1. The van der Waals surface area contributed by atoms with Gasteiger partial charge in [0.1, 0.15) is 5.82 Å². The first-order valence-electron chi connectivity index (χ1n) is 8.81. The number of aliphatic carboxylic acids is 1. The van der Waals surface area contributed by atoms with E-state index in [9.17, 15) is 19.1 Å². The number of benzene rings is 2. The summed E-state index contributed by atoms with van der Waals surface area (Å²) in [5.41, 5.74) is 2.75. The Bertz CT molecular complexity index is 786. The van der Waals surface area contributed by atoms with E-state index < -0.39 is 11.9 Å². The van der Waals surface area contributed by atoms with E-state index in [0.29, 0.717) is 12.8 Å². The monoisotopic (exact) mass is 355 g/mol. The Morgan fingerprint density at radius 3 is 2.19 bits per heavy atom. The lowest BCUT2D eigenvalue weighted by Crippen LogP contribution is -2.47. The molecule has 136 valence electrons. The first-order chi connectivity index (χ1) is 12.4. The lowest BCUT2D eigenvalue weighted by Gasteiger charge is -2.36. The lowest BCUT2D eigenvalue weighted by molar-refractivity contribution is -0.147. The molecule has 0 aliphatic carbocycles. The number of carbonyl (C=O) groups excluding carboxylic acids is 1. The van der Waals surface area contributed by atoms with Gasteiger partial charge in [0.05, 0.1) is 12.3 Å². The van der Waals surface area contributed by atoms with Crippen molar-refractivity contribution in [2.24, 2.45) is 5.92 Å². The van der Waals surface area contributed by atoms with Crippen LogP contribution in [0.4, 0.5) is 4.39 Å². The summed E-state index contributed by atoms with van der Waals surface area (Å²) < 4.78 is 13.0. The van der Waals surface area contributed by atoms with E-state index in [0.717, 1.165) is 16.7 Å². The number of carboxylic acids is 1. The van der Waals surface area contributed by atoms with Gasteiger partial charge in [0.2, 0.25) is 5.91 Å². The first kappa shape index (κ1) is 18.1. The Morgan fingerprint density at radius 2 is 1.62 bits per heavy atom. The molecule has 1 amide bonds. The van der Waals surface area contributed by atoms with E-state index in [4.69, 9.17) is 0 Å². The molecule has 0 radical (unpaired) electrons. The van der Waals surface area contributed by atoms with Crippen LogP contribution in [0.3, 0.4) is 0 Å². The van der Waals surface area contributed by atoms with Gasteiger partial charge >= 0.3 is 5.97 Å². The molecule has 5 heteroatoms. The molecule has 2 aromatic carbocycles. The predicted molar refractivity (Wildman–Crippen MR) is 97.1 cm³/mol. The Morgan fingerprint density at radius 1 is 1.04 bits per heavy atom. The van der Waals surface area contributed by atoms with Crippen LogP contribution in [-0.2, 0) is 16.0 Å². The Balaban J connectivity index is 1.67. The Kier molecular flexibility index (Phi) is 5.35. The second-order valence-electron chi connectivity index (χ2n) is 6.89. The second-order valence-corrected chi connectivity index (χ2v) is 6.89. The highest BCUT2D eigenvalue weighted by molar-refractivity contribution is 5.80. The van der Waals surface area contributed by atoms with Crippen molar-refractivity contribution in [1.29, 1.82) is 0 Å². The Labute approximate surface area is 152 Å². The van der Waals surface area contributed by atoms with Crippen LogP contribution in [0.15, 0.2) is 48.5 Å². The van der Waals surface area contributed by atoms with Crippen LogP contribution < -0.4 is 0 Å². The standard InChI is InChI=1S/C21H22FNO3/c1-14-2-5-18(21(25)26)13-23(14)20(24)12-15-3-6-16(7-4-15)17-8-10-19(22)11-9-17/h3-4,6-11,14,18H,2,5,12-13H2,1H3,(H,25,26)/t14-,18+/m0/s1. The molecule has 2 atom stereocenters. The third-order valence-electron chi connectivity index (χ3n) is 5.04. The second kappa shape index (κ2) is 7.68. The lowest BCUT2D eigenvalue weighted by atomic mass is 9.93. The smallest absolute Gasteiger partial charge is 0.308 e. The molecule has 0 unspecified atom stereocenters. The summed E-state index contributed by atoms with van der Waals surface area (Å²) in [6.07, 6.45) is 1.58. The zero-order valence-electron chi connectivity index (χ0n) is 14.7. The maximum Gasteiger partial charge on any atom is 0.308 e. The number of likely N-dealkylation sites (tertiary alicyclic amines) is 1. The van der Waals surface area contributed by atoms with Gasteiger partial charge in [0.25, 0.3) is 0 Å². The van der Waals surface area contributed by atoms with E-state index in [1.54, 1.807) is 17.0 Å². The number of carboxylic acid groups (broad SMARTS) is 1. The topological polar surface area (TPSA) is 57.6 Å². The summed E-state index contributed by atoms with van der Waals surface area (Å²) in [5, 5.41) is 9.21. The average molecular weight is 355 g/mol. The zero-order chi connectivity index (χ0) is 18.7. The summed E-state index contributed by atoms with van der Waals surface area (Å²) in [4.78, 5) is 25.5. The maximum atomic E-state index is 13.0. The molecular formula is C21H22FNO3. The highest BCUT2D eigenvalue weighted by atomic mass is 19.1. The molecule has 1 saturated heterocycles. The molecule has 0 saturated carbocycles. The van der Waals surface area contributed by atoms with Crippen LogP contribution in [0.5, 0.6) is 0 Å². The van der Waals surface area contributed by atoms with Gasteiger partial charge in [0.15, 0.2) is 0 Å². The number of hydrogen-bond donors (Lipinski definition) is 1. The molecule has 1 aliphatic heterocycles. The van der Waals surface area contributed by atoms with Crippen LogP contribution in [0.2, 0.25) is 0 Å². The van der Waals surface area contributed by atoms with E-state index in [1.165, 1.54) is 12.1 Å². The number of piperidine rings is 1. The van der Waals surface area contributed by atoms with Gasteiger partial charge < -0.3 is 10.0 Å². The number of halogens is 1. The van der Waals surface area contributed by atoms with E-state index in [1.807, 2.05) is 31.2 Å². The summed E-state index contributed by atoms with van der Waals surface area (Å²) in [5.74, 6) is -1.63. The van der Waals surface area contributed by atoms with Crippen molar-refractivity contribution in [3.8, 4) is 11.1 Å². The molecule has 1 aliphatic rings. The van der Waals surface area contributed by atoms with Crippen molar-refractivity contribution < 1.29 is 19.1 Å². The fourth-order valence-corrected chi connectivity index (χ4v) is 3.39. The normalized spacial score (nSPS) is 20.0. The first-order valence-corrected chi connectivity index (χ1v) is 8.81.